The van der Waals surface area contributed by atoms with Gasteiger partial charge in [-0.25, -0.2) is 0 Å². The van der Waals surface area contributed by atoms with Crippen molar-refractivity contribution >= 4 is 11.9 Å². The van der Waals surface area contributed by atoms with Gasteiger partial charge in [-0.1, -0.05) is 26.0 Å². The summed E-state index contributed by atoms with van der Waals surface area (Å²) in [6.07, 6.45) is 6.90. The van der Waals surface area contributed by atoms with E-state index in [9.17, 15) is 4.79 Å². The Kier molecular flexibility index (Phi) is 3.59. The largest absolute Gasteiger partial charge is 0.497 e. The molecule has 0 spiro atoms. The molecule has 1 aromatic rings. The van der Waals surface area contributed by atoms with E-state index in [1.54, 1.807) is 14.2 Å². The number of ketones is 1. The van der Waals surface area contributed by atoms with Crippen LogP contribution in [-0.4, -0.2) is 20.0 Å². The van der Waals surface area contributed by atoms with Gasteiger partial charge in [0.05, 0.1) is 14.2 Å². The second-order valence-corrected chi connectivity index (χ2v) is 6.69. The topological polar surface area (TPSA) is 35.5 Å². The van der Waals surface area contributed by atoms with E-state index in [0.717, 1.165) is 29.1 Å². The van der Waals surface area contributed by atoms with Gasteiger partial charge in [0.15, 0.2) is 5.78 Å². The fraction of sp³-hybridized carbons (Fsp3) is 0.421. The lowest BCUT2D eigenvalue weighted by Gasteiger charge is -2.54. The van der Waals surface area contributed by atoms with Crippen LogP contribution in [0.25, 0.3) is 6.08 Å². The van der Waals surface area contributed by atoms with Crippen molar-refractivity contribution in [2.45, 2.75) is 20.3 Å². The monoisotopic (exact) mass is 298 g/mol. The van der Waals surface area contributed by atoms with Crippen molar-refractivity contribution in [2.24, 2.45) is 17.3 Å². The highest BCUT2D eigenvalue weighted by molar-refractivity contribution is 5.96. The number of rotatable bonds is 4. The Morgan fingerprint density at radius 3 is 2.18 bits per heavy atom. The Labute approximate surface area is 131 Å². The lowest BCUT2D eigenvalue weighted by atomic mass is 9.48. The minimum absolute atomic E-state index is 0.0948. The molecule has 3 heteroatoms. The third-order valence-corrected chi connectivity index (χ3v) is 5.16. The molecule has 1 saturated carbocycles. The average molecular weight is 298 g/mol. The van der Waals surface area contributed by atoms with Crippen LogP contribution in [0, 0.1) is 17.3 Å². The van der Waals surface area contributed by atoms with Crippen LogP contribution in [0.15, 0.2) is 35.9 Å². The van der Waals surface area contributed by atoms with E-state index < -0.39 is 0 Å². The lowest BCUT2D eigenvalue weighted by Crippen LogP contribution is -2.52. The summed E-state index contributed by atoms with van der Waals surface area (Å²) < 4.78 is 10.6. The predicted octanol–water partition coefficient (Wildman–Crippen LogP) is 3.89. The van der Waals surface area contributed by atoms with Gasteiger partial charge in [0.1, 0.15) is 11.5 Å². The van der Waals surface area contributed by atoms with Gasteiger partial charge in [0.2, 0.25) is 0 Å². The van der Waals surface area contributed by atoms with Gasteiger partial charge in [0, 0.05) is 12.0 Å². The van der Waals surface area contributed by atoms with Gasteiger partial charge >= 0.3 is 0 Å². The van der Waals surface area contributed by atoms with Gasteiger partial charge in [0.25, 0.3) is 0 Å². The minimum Gasteiger partial charge on any atom is -0.497 e. The second-order valence-electron chi connectivity index (χ2n) is 6.69. The van der Waals surface area contributed by atoms with Gasteiger partial charge in [-0.2, -0.15) is 0 Å². The van der Waals surface area contributed by atoms with Crippen LogP contribution in [0.4, 0.5) is 0 Å². The van der Waals surface area contributed by atoms with Crippen LogP contribution in [0.3, 0.4) is 0 Å². The molecule has 0 radical (unpaired) electrons. The molecule has 0 aromatic heterocycles. The summed E-state index contributed by atoms with van der Waals surface area (Å²) in [5.74, 6) is 2.49. The Balaban J connectivity index is 1.87. The first-order valence-corrected chi connectivity index (χ1v) is 7.62. The predicted molar refractivity (Wildman–Crippen MR) is 87.0 cm³/mol. The van der Waals surface area contributed by atoms with Crippen molar-refractivity contribution in [3.8, 4) is 11.5 Å². The minimum atomic E-state index is 0.0948. The van der Waals surface area contributed by atoms with E-state index in [1.165, 1.54) is 0 Å². The molecule has 0 unspecified atom stereocenters. The molecule has 0 amide bonds. The molecule has 0 aliphatic heterocycles. The fourth-order valence-corrected chi connectivity index (χ4v) is 3.62. The Morgan fingerprint density at radius 1 is 1.05 bits per heavy atom. The summed E-state index contributed by atoms with van der Waals surface area (Å²) in [4.78, 5) is 12.1. The Bertz CT molecular complexity index is 645. The summed E-state index contributed by atoms with van der Waals surface area (Å²) in [5.41, 5.74) is 2.24. The summed E-state index contributed by atoms with van der Waals surface area (Å²) in [6.45, 7) is 4.39. The number of allylic oxidation sites excluding steroid dienone is 3. The van der Waals surface area contributed by atoms with E-state index in [2.05, 4.69) is 19.9 Å². The molecule has 0 heterocycles. The summed E-state index contributed by atoms with van der Waals surface area (Å²) in [7, 11) is 3.28. The first kappa shape index (κ1) is 14.9. The maximum absolute atomic E-state index is 12.1. The zero-order chi connectivity index (χ0) is 15.9. The number of fused-ring (bicyclic) bond motifs is 1. The molecule has 4 rings (SSSR count). The molecule has 2 bridgehead atoms. The molecular formula is C19H22O3. The van der Waals surface area contributed by atoms with E-state index in [-0.39, 0.29) is 17.1 Å². The van der Waals surface area contributed by atoms with E-state index >= 15 is 0 Å². The average Bonchev–Trinajstić information content (AvgIpc) is 2.51. The van der Waals surface area contributed by atoms with E-state index in [0.29, 0.717) is 5.92 Å². The molecule has 0 saturated heterocycles. The van der Waals surface area contributed by atoms with Gasteiger partial charge in [-0.15, -0.1) is 0 Å². The van der Waals surface area contributed by atoms with E-state index in [1.807, 2.05) is 30.4 Å². The number of hydrogen-bond acceptors (Lipinski definition) is 3. The number of ether oxygens (including phenoxy) is 2. The number of carbonyl (C=O) groups excluding carboxylic acids is 1. The van der Waals surface area contributed by atoms with Crippen molar-refractivity contribution in [1.29, 1.82) is 0 Å². The third-order valence-electron chi connectivity index (χ3n) is 5.16. The standard InChI is InChI=1S/C19H22O3/c1-19(2)16-11-17(19)18(20)9-13(16)6-5-12-7-14(21-3)10-15(8-12)22-4/h5-10,16-17H,11H2,1-4H3/b6-5+/t16-,17+/m0/s1. The fourth-order valence-electron chi connectivity index (χ4n) is 3.62. The van der Waals surface area contributed by atoms with Crippen molar-refractivity contribution in [3.05, 3.63) is 41.5 Å². The van der Waals surface area contributed by atoms with Crippen LogP contribution >= 0.6 is 0 Å². The SMILES string of the molecule is COc1cc(/C=C/C2=CC(=O)[C@H]3C[C@@H]2C3(C)C)cc(OC)c1. The molecule has 1 aromatic carbocycles. The first-order valence-electron chi connectivity index (χ1n) is 7.62. The van der Waals surface area contributed by atoms with E-state index in [4.69, 9.17) is 9.47 Å². The normalized spacial score (nSPS) is 25.6. The van der Waals surface area contributed by atoms with Crippen molar-refractivity contribution < 1.29 is 14.3 Å². The molecule has 1 fully saturated rings. The smallest absolute Gasteiger partial charge is 0.159 e. The van der Waals surface area contributed by atoms with Crippen LogP contribution in [0.5, 0.6) is 11.5 Å². The number of carbonyl (C=O) groups is 1. The number of methoxy groups -OCH3 is 2. The van der Waals surface area contributed by atoms with Gasteiger partial charge in [-0.3, -0.25) is 4.79 Å². The lowest BCUT2D eigenvalue weighted by molar-refractivity contribution is -0.133. The zero-order valence-electron chi connectivity index (χ0n) is 13.6. The van der Waals surface area contributed by atoms with Crippen molar-refractivity contribution in [3.63, 3.8) is 0 Å². The molecule has 2 atom stereocenters. The van der Waals surface area contributed by atoms with Gasteiger partial charge in [-0.05, 0) is 47.1 Å². The van der Waals surface area contributed by atoms with Crippen molar-refractivity contribution in [2.75, 3.05) is 14.2 Å². The molecule has 3 nitrogen and oxygen atoms in total. The molecule has 3 aliphatic carbocycles. The highest BCUT2D eigenvalue weighted by Gasteiger charge is 2.54. The van der Waals surface area contributed by atoms with Gasteiger partial charge < -0.3 is 9.47 Å². The zero-order valence-corrected chi connectivity index (χ0v) is 13.6. The number of hydrogen-bond donors (Lipinski definition) is 0. The highest BCUT2D eigenvalue weighted by Crippen LogP contribution is 2.58. The molecule has 116 valence electrons. The van der Waals surface area contributed by atoms with Crippen LogP contribution in [-0.2, 0) is 4.79 Å². The Hall–Kier alpha value is -2.03. The van der Waals surface area contributed by atoms with Crippen LogP contribution < -0.4 is 9.47 Å². The summed E-state index contributed by atoms with van der Waals surface area (Å²) in [6, 6.07) is 5.76. The first-order chi connectivity index (χ1) is 10.5. The Morgan fingerprint density at radius 2 is 1.68 bits per heavy atom. The highest BCUT2D eigenvalue weighted by atomic mass is 16.5. The molecule has 0 N–H and O–H groups in total. The third kappa shape index (κ3) is 2.35. The molecule has 22 heavy (non-hydrogen) atoms. The quantitative estimate of drug-likeness (QED) is 0.846. The van der Waals surface area contributed by atoms with Crippen LogP contribution in [0.1, 0.15) is 25.8 Å². The summed E-state index contributed by atoms with van der Waals surface area (Å²) >= 11 is 0. The second kappa shape index (κ2) is 5.31. The van der Waals surface area contributed by atoms with Crippen molar-refractivity contribution in [1.82, 2.24) is 0 Å². The molecular weight excluding hydrogens is 276 g/mol. The number of benzene rings is 1. The molecule has 3 aliphatic rings. The summed E-state index contributed by atoms with van der Waals surface area (Å²) in [5, 5.41) is 0. The maximum atomic E-state index is 12.1. The maximum Gasteiger partial charge on any atom is 0.159 e. The van der Waals surface area contributed by atoms with Crippen LogP contribution in [0.2, 0.25) is 0 Å².